The number of ether oxygens (including phenoxy) is 1. The molecule has 1 aliphatic heterocycles. The normalized spacial score (nSPS) is 15.2. The van der Waals surface area contributed by atoms with Crippen molar-refractivity contribution in [2.45, 2.75) is 45.3 Å². The molecule has 0 fully saturated rings. The second-order valence-electron chi connectivity index (χ2n) is 8.04. The van der Waals surface area contributed by atoms with Gasteiger partial charge < -0.3 is 20.0 Å². The number of hydrogen-bond donors (Lipinski definition) is 3. The molecule has 0 saturated heterocycles. The van der Waals surface area contributed by atoms with E-state index in [1.807, 2.05) is 55.5 Å². The van der Waals surface area contributed by atoms with Crippen LogP contribution in [0.5, 0.6) is 11.5 Å². The number of aliphatic hydroxyl groups is 1. The molecule has 3 rings (SSSR count). The first-order chi connectivity index (χ1) is 16.5. The van der Waals surface area contributed by atoms with Crippen molar-refractivity contribution in [1.82, 2.24) is 15.8 Å². The lowest BCUT2D eigenvalue weighted by molar-refractivity contribution is -0.129. The van der Waals surface area contributed by atoms with Crippen molar-refractivity contribution in [3.8, 4) is 11.5 Å². The molecule has 0 aromatic heterocycles. The maximum atomic E-state index is 12.8. The highest BCUT2D eigenvalue weighted by molar-refractivity contribution is 6.06. The van der Waals surface area contributed by atoms with Crippen molar-refractivity contribution in [1.29, 1.82) is 0 Å². The van der Waals surface area contributed by atoms with Crippen molar-refractivity contribution < 1.29 is 24.3 Å². The lowest BCUT2D eigenvalue weighted by Gasteiger charge is -2.25. The predicted octanol–water partition coefficient (Wildman–Crippen LogP) is 2.25. The molecule has 1 aliphatic rings. The smallest absolute Gasteiger partial charge is 0.261 e. The van der Waals surface area contributed by atoms with E-state index in [9.17, 15) is 14.7 Å². The van der Waals surface area contributed by atoms with E-state index in [1.54, 1.807) is 18.1 Å². The van der Waals surface area contributed by atoms with Gasteiger partial charge in [0.25, 0.3) is 5.91 Å². The summed E-state index contributed by atoms with van der Waals surface area (Å²) in [5.74, 6) is 0.840. The predicted molar refractivity (Wildman–Crippen MR) is 128 cm³/mol. The highest BCUT2D eigenvalue weighted by Gasteiger charge is 2.22. The van der Waals surface area contributed by atoms with E-state index >= 15 is 0 Å². The Bertz CT molecular complexity index is 980. The minimum atomic E-state index is -0.694. The van der Waals surface area contributed by atoms with Crippen LogP contribution in [0.2, 0.25) is 0 Å². The first-order valence-electron chi connectivity index (χ1n) is 11.5. The van der Waals surface area contributed by atoms with Gasteiger partial charge >= 0.3 is 0 Å². The first-order valence-corrected chi connectivity index (χ1v) is 11.5. The fourth-order valence-electron chi connectivity index (χ4n) is 3.47. The largest absolute Gasteiger partial charge is 0.480 e. The topological polar surface area (TPSA) is 112 Å². The molecule has 9 heteroatoms. The summed E-state index contributed by atoms with van der Waals surface area (Å²) in [6.45, 7) is 4.56. The van der Waals surface area contributed by atoms with Gasteiger partial charge in [0.2, 0.25) is 5.91 Å². The van der Waals surface area contributed by atoms with Crippen LogP contribution in [0.25, 0.3) is 0 Å². The zero-order chi connectivity index (χ0) is 24.3. The number of benzene rings is 2. The van der Waals surface area contributed by atoms with E-state index in [1.165, 1.54) is 0 Å². The highest BCUT2D eigenvalue weighted by atomic mass is 16.7. The standard InChI is InChI=1S/C25H32N4O5/c1-3-22(33-23-12-8-7-11-20(23)21-13-14-24(31)28-27-21)25(32)26-15-16-29(17-18(2)30)34-19-9-5-4-6-10-19/h4-12,18,22,30H,3,13-17H2,1-2H3,(H,26,32)(H,28,31). The quantitative estimate of drug-likeness (QED) is 0.412. The van der Waals surface area contributed by atoms with E-state index in [0.717, 1.165) is 11.3 Å². The molecule has 0 saturated carbocycles. The van der Waals surface area contributed by atoms with Gasteiger partial charge in [-0.25, -0.2) is 5.43 Å². The van der Waals surface area contributed by atoms with Crippen LogP contribution in [0.15, 0.2) is 59.7 Å². The van der Waals surface area contributed by atoms with Crippen LogP contribution in [0.4, 0.5) is 0 Å². The number of hydrogen-bond acceptors (Lipinski definition) is 7. The number of nitrogens with one attached hydrogen (secondary N) is 2. The average molecular weight is 469 g/mol. The SMILES string of the molecule is CCC(Oc1ccccc1C1=NNC(=O)CC1)C(=O)NCCN(CC(C)O)Oc1ccccc1. The second-order valence-corrected chi connectivity index (χ2v) is 8.04. The number of para-hydroxylation sites is 2. The third-order valence-electron chi connectivity index (χ3n) is 5.14. The summed E-state index contributed by atoms with van der Waals surface area (Å²) in [5, 5.41) is 18.4. The van der Waals surface area contributed by atoms with E-state index in [2.05, 4.69) is 15.8 Å². The lowest BCUT2D eigenvalue weighted by Crippen LogP contribution is -2.44. The number of nitrogens with zero attached hydrogens (tertiary/aromatic N) is 2. The molecule has 0 aliphatic carbocycles. The Labute approximate surface area is 199 Å². The highest BCUT2D eigenvalue weighted by Crippen LogP contribution is 2.23. The van der Waals surface area contributed by atoms with Crippen molar-refractivity contribution in [3.05, 3.63) is 60.2 Å². The fourth-order valence-corrected chi connectivity index (χ4v) is 3.47. The van der Waals surface area contributed by atoms with Gasteiger partial charge in [-0.3, -0.25) is 9.59 Å². The summed E-state index contributed by atoms with van der Waals surface area (Å²) >= 11 is 0. The number of rotatable bonds is 12. The zero-order valence-corrected chi connectivity index (χ0v) is 19.6. The van der Waals surface area contributed by atoms with E-state index in [4.69, 9.17) is 9.57 Å². The number of carbonyl (C=O) groups excluding carboxylic acids is 2. The molecular formula is C25H32N4O5. The summed E-state index contributed by atoms with van der Waals surface area (Å²) in [7, 11) is 0. The molecule has 34 heavy (non-hydrogen) atoms. The number of aliphatic hydroxyl groups excluding tert-OH is 1. The molecule has 2 aromatic carbocycles. The number of carbonyl (C=O) groups is 2. The molecule has 0 radical (unpaired) electrons. The van der Waals surface area contributed by atoms with Crippen LogP contribution >= 0.6 is 0 Å². The average Bonchev–Trinajstić information content (AvgIpc) is 2.83. The van der Waals surface area contributed by atoms with Gasteiger partial charge in [0.1, 0.15) is 11.5 Å². The van der Waals surface area contributed by atoms with Crippen LogP contribution in [0, 0.1) is 0 Å². The van der Waals surface area contributed by atoms with Crippen molar-refractivity contribution in [3.63, 3.8) is 0 Å². The van der Waals surface area contributed by atoms with Crippen molar-refractivity contribution in [2.75, 3.05) is 19.6 Å². The number of hydrazone groups is 1. The molecule has 2 unspecified atom stereocenters. The minimum Gasteiger partial charge on any atom is -0.480 e. The number of amides is 2. The Hall–Kier alpha value is -3.43. The Kier molecular flexibility index (Phi) is 9.42. The van der Waals surface area contributed by atoms with Crippen LogP contribution in [0.3, 0.4) is 0 Å². The maximum Gasteiger partial charge on any atom is 0.261 e. The summed E-state index contributed by atoms with van der Waals surface area (Å²) in [6, 6.07) is 16.6. The molecule has 2 aromatic rings. The van der Waals surface area contributed by atoms with Crippen molar-refractivity contribution >= 4 is 17.5 Å². The molecule has 182 valence electrons. The molecule has 1 heterocycles. The van der Waals surface area contributed by atoms with Gasteiger partial charge in [0.05, 0.1) is 24.9 Å². The second kappa shape index (κ2) is 12.7. The van der Waals surface area contributed by atoms with Crippen LogP contribution in [-0.4, -0.2) is 59.5 Å². The van der Waals surface area contributed by atoms with E-state index < -0.39 is 12.2 Å². The molecule has 9 nitrogen and oxygen atoms in total. The molecular weight excluding hydrogens is 436 g/mol. The monoisotopic (exact) mass is 468 g/mol. The van der Waals surface area contributed by atoms with Crippen LogP contribution in [-0.2, 0) is 9.59 Å². The van der Waals surface area contributed by atoms with Gasteiger partial charge in [-0.05, 0) is 37.6 Å². The molecule has 0 spiro atoms. The van der Waals surface area contributed by atoms with Gasteiger partial charge in [-0.1, -0.05) is 37.3 Å². The Morgan fingerprint density at radius 1 is 1.18 bits per heavy atom. The Balaban J connectivity index is 1.58. The molecule has 3 N–H and O–H groups in total. The molecule has 2 atom stereocenters. The summed E-state index contributed by atoms with van der Waals surface area (Å²) < 4.78 is 6.06. The third-order valence-corrected chi connectivity index (χ3v) is 5.14. The lowest BCUT2D eigenvalue weighted by atomic mass is 10.0. The Morgan fingerprint density at radius 2 is 1.91 bits per heavy atom. The van der Waals surface area contributed by atoms with Crippen LogP contribution in [0.1, 0.15) is 38.7 Å². The fraction of sp³-hybridized carbons (Fsp3) is 0.400. The van der Waals surface area contributed by atoms with Gasteiger partial charge in [-0.2, -0.15) is 5.10 Å². The van der Waals surface area contributed by atoms with Crippen LogP contribution < -0.4 is 20.3 Å². The molecule has 2 amide bonds. The zero-order valence-electron chi connectivity index (χ0n) is 19.6. The van der Waals surface area contributed by atoms with E-state index in [-0.39, 0.29) is 11.8 Å². The summed E-state index contributed by atoms with van der Waals surface area (Å²) in [6.07, 6.45) is 0.0610. The maximum absolute atomic E-state index is 12.8. The van der Waals surface area contributed by atoms with Gasteiger partial charge in [-0.15, -0.1) is 5.06 Å². The van der Waals surface area contributed by atoms with E-state index in [0.29, 0.717) is 50.4 Å². The Morgan fingerprint density at radius 3 is 2.59 bits per heavy atom. The summed E-state index contributed by atoms with van der Waals surface area (Å²) in [5.41, 5.74) is 3.97. The first kappa shape index (κ1) is 25.2. The van der Waals surface area contributed by atoms with Crippen molar-refractivity contribution in [2.24, 2.45) is 5.10 Å². The third kappa shape index (κ3) is 7.57. The molecule has 0 bridgehead atoms. The summed E-state index contributed by atoms with van der Waals surface area (Å²) in [4.78, 5) is 30.1. The number of hydroxylamine groups is 2. The van der Waals surface area contributed by atoms with Gasteiger partial charge in [0.15, 0.2) is 6.10 Å². The van der Waals surface area contributed by atoms with Gasteiger partial charge in [0, 0.05) is 24.9 Å². The minimum absolute atomic E-state index is 0.117.